The Morgan fingerprint density at radius 3 is 2.72 bits per heavy atom. The molecule has 1 atom stereocenters. The summed E-state index contributed by atoms with van der Waals surface area (Å²) in [6.45, 7) is 1.82. The maximum atomic E-state index is 11.2. The Kier molecular flexibility index (Phi) is 3.73. The van der Waals surface area contributed by atoms with Crippen molar-refractivity contribution >= 4 is 10.0 Å². The van der Waals surface area contributed by atoms with Crippen molar-refractivity contribution in [3.8, 4) is 5.75 Å². The second kappa shape index (κ2) is 5.12. The number of hydrogen-bond acceptors (Lipinski definition) is 3. The van der Waals surface area contributed by atoms with Gasteiger partial charge in [0, 0.05) is 0 Å². The van der Waals surface area contributed by atoms with Crippen molar-refractivity contribution in [1.82, 2.24) is 0 Å². The van der Waals surface area contributed by atoms with E-state index in [2.05, 4.69) is 12.2 Å². The predicted octanol–water partition coefficient (Wildman–Crippen LogP) is 2.13. The van der Waals surface area contributed by atoms with Gasteiger partial charge >= 0.3 is 0 Å². The number of rotatable bonds is 3. The maximum Gasteiger partial charge on any atom is 0.238 e. The van der Waals surface area contributed by atoms with Gasteiger partial charge in [-0.3, -0.25) is 0 Å². The van der Waals surface area contributed by atoms with E-state index in [1.807, 2.05) is 6.92 Å². The fraction of sp³-hybridized carbons (Fsp3) is 0.385. The van der Waals surface area contributed by atoms with Crippen molar-refractivity contribution in [3.63, 3.8) is 0 Å². The molecule has 1 aromatic carbocycles. The highest BCUT2D eigenvalue weighted by Crippen LogP contribution is 2.24. The second-order valence-electron chi connectivity index (χ2n) is 4.49. The summed E-state index contributed by atoms with van der Waals surface area (Å²) in [6, 6.07) is 4.68. The van der Waals surface area contributed by atoms with Crippen LogP contribution in [0.1, 0.15) is 24.8 Å². The molecule has 0 heterocycles. The molecular weight excluding hydrogens is 250 g/mol. The number of allylic oxidation sites excluding steroid dienone is 1. The van der Waals surface area contributed by atoms with E-state index in [1.165, 1.54) is 12.1 Å². The highest BCUT2D eigenvalue weighted by molar-refractivity contribution is 7.89. The summed E-state index contributed by atoms with van der Waals surface area (Å²) in [4.78, 5) is 0.117. The molecule has 0 bridgehead atoms. The van der Waals surface area contributed by atoms with E-state index in [4.69, 9.17) is 9.88 Å². The van der Waals surface area contributed by atoms with Crippen molar-refractivity contribution in [3.05, 3.63) is 35.9 Å². The number of sulfonamides is 1. The minimum atomic E-state index is -3.64. The summed E-state index contributed by atoms with van der Waals surface area (Å²) in [5, 5.41) is 5.08. The quantitative estimate of drug-likeness (QED) is 0.853. The lowest BCUT2D eigenvalue weighted by atomic mass is 10.1. The fourth-order valence-corrected chi connectivity index (χ4v) is 2.57. The van der Waals surface area contributed by atoms with E-state index < -0.39 is 10.0 Å². The zero-order chi connectivity index (χ0) is 13.2. The van der Waals surface area contributed by atoms with Crippen molar-refractivity contribution in [2.45, 2.75) is 37.2 Å². The first-order valence-corrected chi connectivity index (χ1v) is 7.48. The van der Waals surface area contributed by atoms with Crippen molar-refractivity contribution in [1.29, 1.82) is 0 Å². The van der Waals surface area contributed by atoms with E-state index >= 15 is 0 Å². The van der Waals surface area contributed by atoms with E-state index in [0.29, 0.717) is 5.75 Å². The average Bonchev–Trinajstić information content (AvgIpc) is 2.32. The molecule has 98 valence electrons. The fourth-order valence-electron chi connectivity index (χ4n) is 1.97. The number of ether oxygens (including phenoxy) is 1. The van der Waals surface area contributed by atoms with Crippen LogP contribution in [0.3, 0.4) is 0 Å². The average molecular weight is 267 g/mol. The Labute approximate surface area is 108 Å². The lowest BCUT2D eigenvalue weighted by Gasteiger charge is -2.20. The molecule has 1 unspecified atom stereocenters. The Balaban J connectivity index is 2.20. The van der Waals surface area contributed by atoms with Gasteiger partial charge in [0.15, 0.2) is 0 Å². The van der Waals surface area contributed by atoms with Crippen LogP contribution in [-0.2, 0) is 10.0 Å². The maximum absolute atomic E-state index is 11.2. The van der Waals surface area contributed by atoms with Crippen LogP contribution in [0.15, 0.2) is 35.2 Å². The summed E-state index contributed by atoms with van der Waals surface area (Å²) < 4.78 is 28.3. The van der Waals surface area contributed by atoms with Gasteiger partial charge in [0.2, 0.25) is 10.0 Å². The molecule has 0 aliphatic heterocycles. The number of benzene rings is 1. The normalized spacial score (nSPS) is 19.8. The van der Waals surface area contributed by atoms with Crippen LogP contribution in [0.2, 0.25) is 0 Å². The summed E-state index contributed by atoms with van der Waals surface area (Å²) in [7, 11) is -3.64. The molecule has 2 N–H and O–H groups in total. The van der Waals surface area contributed by atoms with Gasteiger partial charge in [0.25, 0.3) is 0 Å². The van der Waals surface area contributed by atoms with Gasteiger partial charge in [0.05, 0.1) is 4.90 Å². The first-order chi connectivity index (χ1) is 8.47. The highest BCUT2D eigenvalue weighted by atomic mass is 32.2. The van der Waals surface area contributed by atoms with Crippen LogP contribution in [0.5, 0.6) is 5.75 Å². The monoisotopic (exact) mass is 267 g/mol. The van der Waals surface area contributed by atoms with Crippen molar-refractivity contribution in [2.75, 3.05) is 0 Å². The zero-order valence-electron chi connectivity index (χ0n) is 10.3. The number of primary sulfonamides is 1. The van der Waals surface area contributed by atoms with Crippen LogP contribution in [0, 0.1) is 6.92 Å². The second-order valence-corrected chi connectivity index (χ2v) is 6.05. The van der Waals surface area contributed by atoms with E-state index in [-0.39, 0.29) is 11.0 Å². The molecule has 1 aromatic rings. The molecule has 0 saturated heterocycles. The van der Waals surface area contributed by atoms with Gasteiger partial charge in [-0.15, -0.1) is 0 Å². The number of nitrogens with two attached hydrogens (primary N) is 1. The smallest absolute Gasteiger partial charge is 0.238 e. The number of aryl methyl sites for hydroxylation is 1. The van der Waals surface area contributed by atoms with Crippen LogP contribution in [-0.4, -0.2) is 14.5 Å². The zero-order valence-corrected chi connectivity index (χ0v) is 11.1. The molecule has 0 saturated carbocycles. The Morgan fingerprint density at radius 2 is 2.17 bits per heavy atom. The SMILES string of the molecule is Cc1cc(S(N)(=O)=O)ccc1OC1C=CCCC1. The lowest BCUT2D eigenvalue weighted by molar-refractivity contribution is 0.228. The first-order valence-electron chi connectivity index (χ1n) is 5.93. The summed E-state index contributed by atoms with van der Waals surface area (Å²) in [5.74, 6) is 0.707. The third-order valence-corrected chi connectivity index (χ3v) is 3.87. The summed E-state index contributed by atoms with van der Waals surface area (Å²) in [6.07, 6.45) is 7.46. The molecule has 0 amide bonds. The van der Waals surface area contributed by atoms with E-state index in [0.717, 1.165) is 24.8 Å². The van der Waals surface area contributed by atoms with Crippen LogP contribution >= 0.6 is 0 Å². The number of hydrogen-bond donors (Lipinski definition) is 1. The van der Waals surface area contributed by atoms with E-state index in [9.17, 15) is 8.42 Å². The molecule has 0 aromatic heterocycles. The third-order valence-electron chi connectivity index (χ3n) is 2.96. The van der Waals surface area contributed by atoms with Gasteiger partial charge in [-0.25, -0.2) is 13.6 Å². The first kappa shape index (κ1) is 13.1. The Bertz CT molecular complexity index is 564. The molecular formula is C13H17NO3S. The van der Waals surface area contributed by atoms with Crippen molar-refractivity contribution in [2.24, 2.45) is 5.14 Å². The molecule has 5 heteroatoms. The van der Waals surface area contributed by atoms with Gasteiger partial charge in [-0.1, -0.05) is 6.08 Å². The molecule has 1 aliphatic carbocycles. The molecule has 1 aliphatic rings. The van der Waals surface area contributed by atoms with Crippen LogP contribution < -0.4 is 9.88 Å². The Morgan fingerprint density at radius 1 is 1.39 bits per heavy atom. The standard InChI is InChI=1S/C13H17NO3S/c1-10-9-12(18(14,15)16)7-8-13(10)17-11-5-3-2-4-6-11/h3,5,7-9,11H,2,4,6H2,1H3,(H2,14,15,16). The third kappa shape index (κ3) is 3.11. The summed E-state index contributed by atoms with van der Waals surface area (Å²) >= 11 is 0. The lowest BCUT2D eigenvalue weighted by Crippen LogP contribution is -2.17. The van der Waals surface area contributed by atoms with Gasteiger partial charge < -0.3 is 4.74 Å². The molecule has 18 heavy (non-hydrogen) atoms. The Hall–Kier alpha value is -1.33. The molecule has 2 rings (SSSR count). The molecule has 0 fully saturated rings. The van der Waals surface area contributed by atoms with Crippen LogP contribution in [0.4, 0.5) is 0 Å². The van der Waals surface area contributed by atoms with Crippen molar-refractivity contribution < 1.29 is 13.2 Å². The largest absolute Gasteiger partial charge is 0.486 e. The minimum Gasteiger partial charge on any atom is -0.486 e. The highest BCUT2D eigenvalue weighted by Gasteiger charge is 2.14. The van der Waals surface area contributed by atoms with Gasteiger partial charge in [0.1, 0.15) is 11.9 Å². The predicted molar refractivity (Wildman–Crippen MR) is 70.0 cm³/mol. The van der Waals surface area contributed by atoms with Gasteiger partial charge in [-0.2, -0.15) is 0 Å². The minimum absolute atomic E-state index is 0.0813. The van der Waals surface area contributed by atoms with Crippen LogP contribution in [0.25, 0.3) is 0 Å². The molecule has 0 radical (unpaired) electrons. The molecule has 4 nitrogen and oxygen atoms in total. The summed E-state index contributed by atoms with van der Waals surface area (Å²) in [5.41, 5.74) is 0.778. The topological polar surface area (TPSA) is 69.4 Å². The van der Waals surface area contributed by atoms with E-state index in [1.54, 1.807) is 6.07 Å². The van der Waals surface area contributed by atoms with Gasteiger partial charge in [-0.05, 0) is 56.0 Å². The molecule has 0 spiro atoms.